The maximum absolute atomic E-state index is 12.8. The van der Waals surface area contributed by atoms with E-state index in [0.29, 0.717) is 29.3 Å². The zero-order valence-electron chi connectivity index (χ0n) is 14.9. The van der Waals surface area contributed by atoms with Gasteiger partial charge in [0, 0.05) is 44.5 Å². The van der Waals surface area contributed by atoms with Crippen LogP contribution in [0.15, 0.2) is 18.3 Å². The highest BCUT2D eigenvalue weighted by Crippen LogP contribution is 2.29. The number of aromatic nitrogens is 1. The molecule has 1 aliphatic carbocycles. The molecular weight excluding hydrogens is 318 g/mol. The monoisotopic (exact) mass is 345 g/mol. The van der Waals surface area contributed by atoms with Gasteiger partial charge < -0.3 is 14.4 Å². The van der Waals surface area contributed by atoms with Gasteiger partial charge in [-0.1, -0.05) is 6.92 Å². The quantitative estimate of drug-likeness (QED) is 0.812. The summed E-state index contributed by atoms with van der Waals surface area (Å²) in [6.45, 7) is 8.09. The molecule has 1 aromatic rings. The van der Waals surface area contributed by atoms with Crippen molar-refractivity contribution in [2.75, 3.05) is 46.0 Å². The third-order valence-electron chi connectivity index (χ3n) is 5.52. The number of hydrogen-bond acceptors (Lipinski definition) is 5. The standard InChI is InChI=1S/C19H27N3O3/c1-14-11-22(12-17(14)21-6-8-24-9-7-21)19(23)16-4-5-18(20-10-16)25-13-15-2-3-15/h4-5,10,14-15,17H,2-3,6-9,11-13H2,1H3. The summed E-state index contributed by atoms with van der Waals surface area (Å²) in [5.74, 6) is 1.87. The van der Waals surface area contributed by atoms with E-state index in [-0.39, 0.29) is 5.91 Å². The van der Waals surface area contributed by atoms with Gasteiger partial charge in [0.1, 0.15) is 0 Å². The Bertz CT molecular complexity index is 596. The van der Waals surface area contributed by atoms with Crippen LogP contribution >= 0.6 is 0 Å². The fourth-order valence-electron chi connectivity index (χ4n) is 3.76. The number of amides is 1. The van der Waals surface area contributed by atoms with Gasteiger partial charge in [-0.3, -0.25) is 9.69 Å². The Morgan fingerprint density at radius 3 is 2.76 bits per heavy atom. The molecule has 4 rings (SSSR count). The lowest BCUT2D eigenvalue weighted by Gasteiger charge is -2.33. The first-order chi connectivity index (χ1) is 12.2. The highest BCUT2D eigenvalue weighted by Gasteiger charge is 2.36. The summed E-state index contributed by atoms with van der Waals surface area (Å²) in [6, 6.07) is 4.08. The molecule has 0 spiro atoms. The van der Waals surface area contributed by atoms with E-state index >= 15 is 0 Å². The summed E-state index contributed by atoms with van der Waals surface area (Å²) in [4.78, 5) is 21.5. The lowest BCUT2D eigenvalue weighted by atomic mass is 10.0. The van der Waals surface area contributed by atoms with Crippen molar-refractivity contribution in [3.05, 3.63) is 23.9 Å². The van der Waals surface area contributed by atoms with Gasteiger partial charge >= 0.3 is 0 Å². The average Bonchev–Trinajstić information content (AvgIpc) is 3.41. The zero-order valence-corrected chi connectivity index (χ0v) is 14.9. The summed E-state index contributed by atoms with van der Waals surface area (Å²) in [5, 5.41) is 0. The highest BCUT2D eigenvalue weighted by molar-refractivity contribution is 5.94. The zero-order chi connectivity index (χ0) is 17.2. The molecule has 2 aliphatic heterocycles. The predicted octanol–water partition coefficient (Wildman–Crippen LogP) is 1.66. The Morgan fingerprint density at radius 2 is 2.08 bits per heavy atom. The second kappa shape index (κ2) is 7.30. The third kappa shape index (κ3) is 3.96. The first kappa shape index (κ1) is 16.8. The van der Waals surface area contributed by atoms with Crippen molar-refractivity contribution in [1.82, 2.24) is 14.8 Å². The van der Waals surface area contributed by atoms with Crippen LogP contribution in [0.25, 0.3) is 0 Å². The summed E-state index contributed by atoms with van der Waals surface area (Å²) < 4.78 is 11.1. The molecule has 1 aromatic heterocycles. The molecule has 1 saturated carbocycles. The fraction of sp³-hybridized carbons (Fsp3) is 0.684. The van der Waals surface area contributed by atoms with Gasteiger partial charge in [-0.15, -0.1) is 0 Å². The van der Waals surface area contributed by atoms with Crippen molar-refractivity contribution in [3.63, 3.8) is 0 Å². The van der Waals surface area contributed by atoms with Crippen molar-refractivity contribution >= 4 is 5.91 Å². The molecule has 6 heteroatoms. The number of likely N-dealkylation sites (tertiary alicyclic amines) is 1. The molecule has 0 N–H and O–H groups in total. The fourth-order valence-corrected chi connectivity index (χ4v) is 3.76. The van der Waals surface area contributed by atoms with E-state index in [4.69, 9.17) is 9.47 Å². The van der Waals surface area contributed by atoms with Crippen LogP contribution in [0.4, 0.5) is 0 Å². The number of carbonyl (C=O) groups excluding carboxylic acids is 1. The lowest BCUT2D eigenvalue weighted by Crippen LogP contribution is -2.47. The van der Waals surface area contributed by atoms with Crippen LogP contribution in [0.5, 0.6) is 5.88 Å². The predicted molar refractivity (Wildman–Crippen MR) is 93.7 cm³/mol. The topological polar surface area (TPSA) is 54.9 Å². The normalized spacial score (nSPS) is 27.5. The largest absolute Gasteiger partial charge is 0.477 e. The van der Waals surface area contributed by atoms with E-state index in [0.717, 1.165) is 46.0 Å². The van der Waals surface area contributed by atoms with E-state index in [1.807, 2.05) is 17.0 Å². The first-order valence-corrected chi connectivity index (χ1v) is 9.40. The van der Waals surface area contributed by atoms with E-state index in [1.54, 1.807) is 6.20 Å². The average molecular weight is 345 g/mol. The van der Waals surface area contributed by atoms with Crippen LogP contribution in [0, 0.1) is 11.8 Å². The Morgan fingerprint density at radius 1 is 1.28 bits per heavy atom. The van der Waals surface area contributed by atoms with Crippen molar-refractivity contribution in [1.29, 1.82) is 0 Å². The Balaban J connectivity index is 1.35. The number of nitrogens with zero attached hydrogens (tertiary/aromatic N) is 3. The summed E-state index contributed by atoms with van der Waals surface area (Å²) in [7, 11) is 0. The van der Waals surface area contributed by atoms with Crippen LogP contribution in [0.2, 0.25) is 0 Å². The smallest absolute Gasteiger partial charge is 0.255 e. The van der Waals surface area contributed by atoms with E-state index in [1.165, 1.54) is 12.8 Å². The maximum Gasteiger partial charge on any atom is 0.255 e. The summed E-state index contributed by atoms with van der Waals surface area (Å²) >= 11 is 0. The lowest BCUT2D eigenvalue weighted by molar-refractivity contribution is 0.0119. The van der Waals surface area contributed by atoms with Gasteiger partial charge in [-0.25, -0.2) is 4.98 Å². The highest BCUT2D eigenvalue weighted by atomic mass is 16.5. The molecule has 3 heterocycles. The van der Waals surface area contributed by atoms with Crippen LogP contribution in [0.1, 0.15) is 30.1 Å². The molecular formula is C19H27N3O3. The molecule has 3 fully saturated rings. The molecule has 0 radical (unpaired) electrons. The van der Waals surface area contributed by atoms with E-state index in [9.17, 15) is 4.79 Å². The summed E-state index contributed by atoms with van der Waals surface area (Å²) in [5.41, 5.74) is 0.647. The van der Waals surface area contributed by atoms with Gasteiger partial charge in [0.2, 0.25) is 5.88 Å². The van der Waals surface area contributed by atoms with Gasteiger partial charge in [-0.2, -0.15) is 0 Å². The first-order valence-electron chi connectivity index (χ1n) is 9.40. The second-order valence-electron chi connectivity index (χ2n) is 7.54. The maximum atomic E-state index is 12.8. The number of rotatable bonds is 5. The molecule has 2 unspecified atom stereocenters. The van der Waals surface area contributed by atoms with Gasteiger partial charge in [-0.05, 0) is 30.7 Å². The molecule has 0 aromatic carbocycles. The van der Waals surface area contributed by atoms with Gasteiger partial charge in [0.05, 0.1) is 25.4 Å². The minimum absolute atomic E-state index is 0.0730. The SMILES string of the molecule is CC1CN(C(=O)c2ccc(OCC3CC3)nc2)CC1N1CCOCC1. The Kier molecular flexibility index (Phi) is 4.90. The van der Waals surface area contributed by atoms with Gasteiger partial charge in [0.15, 0.2) is 0 Å². The number of morpholine rings is 1. The van der Waals surface area contributed by atoms with Crippen LogP contribution in [0.3, 0.4) is 0 Å². The minimum Gasteiger partial charge on any atom is -0.477 e. The van der Waals surface area contributed by atoms with E-state index in [2.05, 4.69) is 16.8 Å². The van der Waals surface area contributed by atoms with Crippen LogP contribution in [-0.4, -0.2) is 72.7 Å². The van der Waals surface area contributed by atoms with Crippen molar-refractivity contribution < 1.29 is 14.3 Å². The molecule has 3 aliphatic rings. The Labute approximate surface area is 149 Å². The number of pyridine rings is 1. The van der Waals surface area contributed by atoms with Crippen molar-refractivity contribution in [2.45, 2.75) is 25.8 Å². The Hall–Kier alpha value is -1.66. The second-order valence-corrected chi connectivity index (χ2v) is 7.54. The molecule has 136 valence electrons. The molecule has 2 saturated heterocycles. The van der Waals surface area contributed by atoms with Gasteiger partial charge in [0.25, 0.3) is 5.91 Å². The molecule has 0 bridgehead atoms. The number of ether oxygens (including phenoxy) is 2. The van der Waals surface area contributed by atoms with Crippen molar-refractivity contribution in [3.8, 4) is 5.88 Å². The number of carbonyl (C=O) groups is 1. The molecule has 1 amide bonds. The van der Waals surface area contributed by atoms with Crippen molar-refractivity contribution in [2.24, 2.45) is 11.8 Å². The molecule has 6 nitrogen and oxygen atoms in total. The van der Waals surface area contributed by atoms with E-state index < -0.39 is 0 Å². The summed E-state index contributed by atoms with van der Waals surface area (Å²) in [6.07, 6.45) is 4.17. The van der Waals surface area contributed by atoms with Crippen LogP contribution in [-0.2, 0) is 4.74 Å². The molecule has 2 atom stereocenters. The minimum atomic E-state index is 0.0730. The third-order valence-corrected chi connectivity index (χ3v) is 5.52. The van der Waals surface area contributed by atoms with Crippen LogP contribution < -0.4 is 4.74 Å². The number of hydrogen-bond donors (Lipinski definition) is 0. The molecule has 25 heavy (non-hydrogen) atoms.